The van der Waals surface area contributed by atoms with E-state index in [2.05, 4.69) is 0 Å². The van der Waals surface area contributed by atoms with Crippen molar-refractivity contribution in [3.8, 4) is 0 Å². The second-order valence-corrected chi connectivity index (χ2v) is 5.01. The first-order valence-electron chi connectivity index (χ1n) is 5.03. The van der Waals surface area contributed by atoms with E-state index in [0.29, 0.717) is 0 Å². The number of rotatable bonds is 6. The molecule has 0 bridgehead atoms. The summed E-state index contributed by atoms with van der Waals surface area (Å²) in [6.45, 7) is 11.8. The van der Waals surface area contributed by atoms with Gasteiger partial charge in [-0.25, -0.2) is 0 Å². The molecule has 14 heavy (non-hydrogen) atoms. The van der Waals surface area contributed by atoms with Crippen LogP contribution in [0.4, 0.5) is 0 Å². The van der Waals surface area contributed by atoms with Gasteiger partial charge in [0.25, 0.3) is 0 Å². The molecule has 0 aliphatic rings. The molecule has 0 fully saturated rings. The molecule has 0 rings (SSSR count). The molecular weight excluding hydrogens is 216 g/mol. The van der Waals surface area contributed by atoms with E-state index in [1.54, 1.807) is 0 Å². The average molecular weight is 237 g/mol. The first kappa shape index (κ1) is 14.6. The predicted molar refractivity (Wildman–Crippen MR) is 51.4 cm³/mol. The van der Waals surface area contributed by atoms with Crippen LogP contribution in [0.15, 0.2) is 0 Å². The van der Waals surface area contributed by atoms with E-state index in [1.807, 2.05) is 62.0 Å². The van der Waals surface area contributed by atoms with Gasteiger partial charge in [0.05, 0.1) is 0 Å². The van der Waals surface area contributed by atoms with Crippen LogP contribution in [0, 0.1) is 0 Å². The molecule has 0 aromatic heterocycles. The number of hydrogen-bond acceptors (Lipinski definition) is 3. The second-order valence-electron chi connectivity index (χ2n) is 4.06. The van der Waals surface area contributed by atoms with E-state index in [4.69, 9.17) is 14.2 Å². The van der Waals surface area contributed by atoms with Gasteiger partial charge in [-0.2, -0.15) is 0 Å². The van der Waals surface area contributed by atoms with Crippen molar-refractivity contribution in [3.63, 3.8) is 0 Å². The summed E-state index contributed by atoms with van der Waals surface area (Å²) in [6.07, 6.45) is 0.243. The van der Waals surface area contributed by atoms with Crippen molar-refractivity contribution in [3.05, 3.63) is 0 Å². The van der Waals surface area contributed by atoms with E-state index in [1.165, 1.54) is 0 Å². The molecular formula is C10H21O3Ti. The number of hydrogen-bond donors (Lipinski definition) is 0. The van der Waals surface area contributed by atoms with Crippen molar-refractivity contribution in [1.29, 1.82) is 0 Å². The molecule has 0 atom stereocenters. The van der Waals surface area contributed by atoms with Gasteiger partial charge < -0.3 is 0 Å². The molecule has 0 aromatic carbocycles. The molecule has 0 aromatic rings. The Labute approximate surface area is 98.9 Å². The Hall–Kier alpha value is 0.594. The van der Waals surface area contributed by atoms with Gasteiger partial charge in [0, 0.05) is 0 Å². The summed E-state index contributed by atoms with van der Waals surface area (Å²) in [6, 6.07) is 0. The van der Waals surface area contributed by atoms with Gasteiger partial charge in [0.2, 0.25) is 0 Å². The summed E-state index contributed by atoms with van der Waals surface area (Å²) in [5, 5.41) is 0. The Bertz CT molecular complexity index is 131. The van der Waals surface area contributed by atoms with Crippen LogP contribution in [0.1, 0.15) is 41.5 Å². The first-order chi connectivity index (χ1) is 6.25. The van der Waals surface area contributed by atoms with E-state index in [9.17, 15) is 0 Å². The second kappa shape index (κ2) is 6.24. The molecule has 0 amide bonds. The van der Waals surface area contributed by atoms with Gasteiger partial charge in [0.1, 0.15) is 0 Å². The van der Waals surface area contributed by atoms with Crippen LogP contribution in [0.2, 0.25) is 0 Å². The molecule has 4 heteroatoms. The molecule has 0 aliphatic carbocycles. The fourth-order valence-corrected chi connectivity index (χ4v) is 2.12. The molecule has 0 unspecified atom stereocenters. The van der Waals surface area contributed by atoms with Gasteiger partial charge >= 0.3 is 98.8 Å². The molecule has 0 saturated carbocycles. The maximum atomic E-state index is 5.62. The van der Waals surface area contributed by atoms with Crippen molar-refractivity contribution in [1.82, 2.24) is 0 Å². The molecule has 0 spiro atoms. The van der Waals surface area contributed by atoms with Gasteiger partial charge in [-0.15, -0.1) is 0 Å². The third-order valence-corrected chi connectivity index (χ3v) is 1.72. The molecule has 0 heterocycles. The Morgan fingerprint density at radius 3 is 1.07 bits per heavy atom. The van der Waals surface area contributed by atoms with Gasteiger partial charge in [-0.05, 0) is 0 Å². The fourth-order valence-electron chi connectivity index (χ4n) is 1.01. The van der Waals surface area contributed by atoms with Crippen LogP contribution in [-0.2, 0) is 34.6 Å². The summed E-state index contributed by atoms with van der Waals surface area (Å²) >= 11 is 1.81. The van der Waals surface area contributed by atoms with Crippen LogP contribution in [0.3, 0.4) is 0 Å². The summed E-state index contributed by atoms with van der Waals surface area (Å²) in [4.78, 5) is 0. The molecule has 0 radical (unpaired) electrons. The zero-order valence-corrected chi connectivity index (χ0v) is 11.5. The topological polar surface area (TPSA) is 27.7 Å². The third-order valence-electron chi connectivity index (χ3n) is 1.17. The Morgan fingerprint density at radius 1 is 0.714 bits per heavy atom. The zero-order valence-electron chi connectivity index (χ0n) is 9.96. The van der Waals surface area contributed by atoms with Crippen molar-refractivity contribution >= 4 is 0 Å². The molecule has 0 saturated heterocycles. The van der Waals surface area contributed by atoms with Crippen LogP contribution < -0.4 is 0 Å². The standard InChI is InChI=1S/C10H21O3.Ti/c1-7(2)11-10(12-8(3)4)13-9(5)6;/h7-9H,1-6H3;. The normalized spacial score (nSPS) is 13.1. The first-order valence-corrected chi connectivity index (χ1v) is 5.81. The average Bonchev–Trinajstić information content (AvgIpc) is 1.76. The van der Waals surface area contributed by atoms with Gasteiger partial charge in [0.15, 0.2) is 0 Å². The molecule has 0 N–H and O–H groups in total. The maximum absolute atomic E-state index is 5.62. The van der Waals surface area contributed by atoms with Crippen molar-refractivity contribution in [2.24, 2.45) is 0 Å². The molecule has 83 valence electrons. The van der Waals surface area contributed by atoms with Crippen molar-refractivity contribution in [2.45, 2.75) is 64.1 Å². The molecule has 3 nitrogen and oxygen atoms in total. The van der Waals surface area contributed by atoms with Crippen molar-refractivity contribution < 1.29 is 34.6 Å². The summed E-state index contributed by atoms with van der Waals surface area (Å²) < 4.78 is 15.9. The SMILES string of the molecule is CC(C)O[C]([Ti])(OC(C)C)OC(C)C. The third kappa shape index (κ3) is 6.96. The minimum atomic E-state index is -0.934. The Kier molecular flexibility index (Phi) is 6.50. The minimum absolute atomic E-state index is 0.0810. The monoisotopic (exact) mass is 237 g/mol. The summed E-state index contributed by atoms with van der Waals surface area (Å²) in [5.74, 6) is 0. The van der Waals surface area contributed by atoms with Gasteiger partial charge in [-0.1, -0.05) is 0 Å². The Balaban J connectivity index is 4.32. The van der Waals surface area contributed by atoms with Crippen LogP contribution in [0.25, 0.3) is 0 Å². The van der Waals surface area contributed by atoms with Crippen molar-refractivity contribution in [2.75, 3.05) is 0 Å². The summed E-state index contributed by atoms with van der Waals surface area (Å²) in [5.41, 5.74) is 0. The molecule has 0 aliphatic heterocycles. The van der Waals surface area contributed by atoms with E-state index < -0.39 is 4.28 Å². The quantitative estimate of drug-likeness (QED) is 0.524. The summed E-state index contributed by atoms with van der Waals surface area (Å²) in [7, 11) is 0. The number of ether oxygens (including phenoxy) is 3. The Morgan fingerprint density at radius 2 is 0.929 bits per heavy atom. The van der Waals surface area contributed by atoms with Crippen LogP contribution in [0.5, 0.6) is 0 Å². The van der Waals surface area contributed by atoms with Gasteiger partial charge in [-0.3, -0.25) is 0 Å². The van der Waals surface area contributed by atoms with Crippen LogP contribution in [-0.4, -0.2) is 22.6 Å². The van der Waals surface area contributed by atoms with E-state index in [-0.39, 0.29) is 18.3 Å². The fraction of sp³-hybridized carbons (Fsp3) is 1.00. The van der Waals surface area contributed by atoms with Crippen LogP contribution >= 0.6 is 0 Å². The van der Waals surface area contributed by atoms with E-state index in [0.717, 1.165) is 0 Å². The van der Waals surface area contributed by atoms with E-state index >= 15 is 0 Å². The zero-order chi connectivity index (χ0) is 11.4. The predicted octanol–water partition coefficient (Wildman–Crippen LogP) is 2.42.